The molecule has 0 atom stereocenters. The molecule has 4 aliphatic rings. The van der Waals surface area contributed by atoms with Crippen LogP contribution in [0.2, 0.25) is 0 Å². The molecule has 5 rings (SSSR count). The van der Waals surface area contributed by atoms with Crippen LogP contribution in [0.4, 0.5) is 4.39 Å². The summed E-state index contributed by atoms with van der Waals surface area (Å²) in [5.74, 6) is 2.51. The molecule has 0 saturated heterocycles. The van der Waals surface area contributed by atoms with Crippen LogP contribution in [0, 0.1) is 36.4 Å². The van der Waals surface area contributed by atoms with Crippen molar-refractivity contribution in [3.63, 3.8) is 0 Å². The standard InChI is InChI=1S/C18H23FO/c1-11-4-17(19)3-2-14(11)10-18(20)15-6-12-5-13(8-15)9-16(18)7-12/h2-4,12-13,15-16,20H,5-10H2,1H3. The average Bonchev–Trinajstić information content (AvgIpc) is 2.39. The molecule has 1 N–H and O–H groups in total. The van der Waals surface area contributed by atoms with E-state index in [-0.39, 0.29) is 5.82 Å². The molecule has 0 aliphatic heterocycles. The minimum absolute atomic E-state index is 0.177. The molecule has 0 aromatic heterocycles. The summed E-state index contributed by atoms with van der Waals surface area (Å²) in [4.78, 5) is 0. The van der Waals surface area contributed by atoms with Crippen molar-refractivity contribution in [3.05, 3.63) is 35.1 Å². The summed E-state index contributed by atoms with van der Waals surface area (Å²) in [7, 11) is 0. The van der Waals surface area contributed by atoms with Gasteiger partial charge in [-0.2, -0.15) is 0 Å². The van der Waals surface area contributed by atoms with Gasteiger partial charge in [0, 0.05) is 6.42 Å². The van der Waals surface area contributed by atoms with Crippen LogP contribution in [0.3, 0.4) is 0 Å². The third-order valence-electron chi connectivity index (χ3n) is 6.33. The molecule has 0 heterocycles. The molecule has 4 aliphatic carbocycles. The molecular formula is C18H23FO. The van der Waals surface area contributed by atoms with E-state index in [0.717, 1.165) is 23.0 Å². The maximum Gasteiger partial charge on any atom is 0.123 e. The van der Waals surface area contributed by atoms with Gasteiger partial charge in [-0.25, -0.2) is 4.39 Å². The van der Waals surface area contributed by atoms with Gasteiger partial charge in [0.2, 0.25) is 0 Å². The van der Waals surface area contributed by atoms with Crippen molar-refractivity contribution in [2.75, 3.05) is 0 Å². The Labute approximate surface area is 120 Å². The van der Waals surface area contributed by atoms with Crippen LogP contribution in [0.15, 0.2) is 18.2 Å². The first-order valence-corrected chi connectivity index (χ1v) is 8.02. The molecule has 4 bridgehead atoms. The zero-order chi connectivity index (χ0) is 13.9. The Morgan fingerprint density at radius 1 is 1.10 bits per heavy atom. The molecule has 0 amide bonds. The van der Waals surface area contributed by atoms with E-state index in [1.54, 1.807) is 6.07 Å². The lowest BCUT2D eigenvalue weighted by Gasteiger charge is -2.59. The zero-order valence-electron chi connectivity index (χ0n) is 12.1. The van der Waals surface area contributed by atoms with Crippen molar-refractivity contribution >= 4 is 0 Å². The number of aryl methyl sites for hydroxylation is 1. The predicted octanol–water partition coefficient (Wildman–Crippen LogP) is 3.86. The molecule has 20 heavy (non-hydrogen) atoms. The molecule has 2 heteroatoms. The lowest BCUT2D eigenvalue weighted by Crippen LogP contribution is -2.58. The van der Waals surface area contributed by atoms with E-state index in [2.05, 4.69) is 0 Å². The van der Waals surface area contributed by atoms with Crippen LogP contribution in [0.1, 0.15) is 43.2 Å². The first-order chi connectivity index (χ1) is 9.54. The number of hydrogen-bond acceptors (Lipinski definition) is 1. The van der Waals surface area contributed by atoms with E-state index in [0.29, 0.717) is 18.3 Å². The third kappa shape index (κ3) is 1.84. The van der Waals surface area contributed by atoms with Crippen LogP contribution >= 0.6 is 0 Å². The molecule has 0 spiro atoms. The van der Waals surface area contributed by atoms with Gasteiger partial charge in [0.15, 0.2) is 0 Å². The van der Waals surface area contributed by atoms with Crippen molar-refractivity contribution < 1.29 is 9.50 Å². The highest BCUT2D eigenvalue weighted by Crippen LogP contribution is 2.59. The molecule has 1 aromatic rings. The Balaban J connectivity index is 1.64. The predicted molar refractivity (Wildman–Crippen MR) is 76.8 cm³/mol. The van der Waals surface area contributed by atoms with Crippen LogP contribution in [-0.4, -0.2) is 10.7 Å². The van der Waals surface area contributed by atoms with E-state index in [1.807, 2.05) is 13.0 Å². The van der Waals surface area contributed by atoms with Crippen molar-refractivity contribution in [2.24, 2.45) is 23.7 Å². The lowest BCUT2D eigenvalue weighted by molar-refractivity contribution is -0.171. The monoisotopic (exact) mass is 274 g/mol. The van der Waals surface area contributed by atoms with E-state index >= 15 is 0 Å². The summed E-state index contributed by atoms with van der Waals surface area (Å²) >= 11 is 0. The molecule has 108 valence electrons. The lowest BCUT2D eigenvalue weighted by atomic mass is 9.49. The quantitative estimate of drug-likeness (QED) is 0.868. The number of hydrogen-bond donors (Lipinski definition) is 1. The molecule has 0 radical (unpaired) electrons. The van der Waals surface area contributed by atoms with E-state index in [4.69, 9.17) is 0 Å². The molecule has 4 saturated carbocycles. The molecule has 4 fully saturated rings. The van der Waals surface area contributed by atoms with Crippen LogP contribution < -0.4 is 0 Å². The van der Waals surface area contributed by atoms with E-state index in [1.165, 1.54) is 38.2 Å². The van der Waals surface area contributed by atoms with Crippen LogP contribution in [-0.2, 0) is 6.42 Å². The highest BCUT2D eigenvalue weighted by atomic mass is 19.1. The maximum atomic E-state index is 13.2. The summed E-state index contributed by atoms with van der Waals surface area (Å²) in [6, 6.07) is 4.99. The zero-order valence-corrected chi connectivity index (χ0v) is 12.1. The average molecular weight is 274 g/mol. The van der Waals surface area contributed by atoms with Crippen molar-refractivity contribution in [3.8, 4) is 0 Å². The normalized spacial score (nSPS) is 42.1. The fourth-order valence-corrected chi connectivity index (χ4v) is 5.45. The minimum Gasteiger partial charge on any atom is -0.389 e. The molecule has 1 aromatic carbocycles. The third-order valence-corrected chi connectivity index (χ3v) is 6.33. The minimum atomic E-state index is -0.532. The highest BCUT2D eigenvalue weighted by Gasteiger charge is 2.56. The van der Waals surface area contributed by atoms with E-state index in [9.17, 15) is 9.50 Å². The topological polar surface area (TPSA) is 20.2 Å². The number of rotatable bonds is 2. The smallest absolute Gasteiger partial charge is 0.123 e. The van der Waals surface area contributed by atoms with Gasteiger partial charge in [-0.3, -0.25) is 0 Å². The summed E-state index contributed by atoms with van der Waals surface area (Å²) in [6.07, 6.45) is 6.97. The van der Waals surface area contributed by atoms with Gasteiger partial charge in [-0.15, -0.1) is 0 Å². The molecule has 1 nitrogen and oxygen atoms in total. The summed E-state index contributed by atoms with van der Waals surface area (Å²) in [5, 5.41) is 11.3. The van der Waals surface area contributed by atoms with Crippen LogP contribution in [0.25, 0.3) is 0 Å². The first kappa shape index (κ1) is 12.8. The number of halogens is 1. The highest BCUT2D eigenvalue weighted by molar-refractivity contribution is 5.29. The number of benzene rings is 1. The Morgan fingerprint density at radius 2 is 1.70 bits per heavy atom. The Bertz CT molecular complexity index is 508. The van der Waals surface area contributed by atoms with Gasteiger partial charge in [0.1, 0.15) is 5.82 Å². The van der Waals surface area contributed by atoms with Gasteiger partial charge in [-0.05, 0) is 86.0 Å². The largest absolute Gasteiger partial charge is 0.389 e. The van der Waals surface area contributed by atoms with E-state index < -0.39 is 5.60 Å². The van der Waals surface area contributed by atoms with Crippen LogP contribution in [0.5, 0.6) is 0 Å². The number of aliphatic hydroxyl groups is 1. The van der Waals surface area contributed by atoms with Crippen molar-refractivity contribution in [1.82, 2.24) is 0 Å². The maximum absolute atomic E-state index is 13.2. The van der Waals surface area contributed by atoms with Gasteiger partial charge in [-0.1, -0.05) is 6.07 Å². The summed E-state index contributed by atoms with van der Waals surface area (Å²) in [6.45, 7) is 1.96. The van der Waals surface area contributed by atoms with Gasteiger partial charge in [0.25, 0.3) is 0 Å². The Kier molecular flexibility index (Phi) is 2.76. The fraction of sp³-hybridized carbons (Fsp3) is 0.667. The Hall–Kier alpha value is -0.890. The van der Waals surface area contributed by atoms with Crippen molar-refractivity contribution in [1.29, 1.82) is 0 Å². The molecule has 0 unspecified atom stereocenters. The SMILES string of the molecule is Cc1cc(F)ccc1CC1(O)C2CC3CC(C2)CC1C3. The Morgan fingerprint density at radius 3 is 2.25 bits per heavy atom. The fourth-order valence-electron chi connectivity index (χ4n) is 5.45. The second-order valence-electron chi connectivity index (χ2n) is 7.54. The first-order valence-electron chi connectivity index (χ1n) is 8.02. The van der Waals surface area contributed by atoms with Crippen molar-refractivity contribution in [2.45, 2.75) is 51.0 Å². The van der Waals surface area contributed by atoms with Gasteiger partial charge in [0.05, 0.1) is 5.60 Å². The second kappa shape index (κ2) is 4.30. The summed E-state index contributed by atoms with van der Waals surface area (Å²) in [5.41, 5.74) is 1.57. The second-order valence-corrected chi connectivity index (χ2v) is 7.54. The van der Waals surface area contributed by atoms with Gasteiger partial charge >= 0.3 is 0 Å². The van der Waals surface area contributed by atoms with Gasteiger partial charge < -0.3 is 5.11 Å². The molecular weight excluding hydrogens is 251 g/mol. The summed E-state index contributed by atoms with van der Waals surface area (Å²) < 4.78 is 13.2.